The molecule has 0 radical (unpaired) electrons. The lowest BCUT2D eigenvalue weighted by molar-refractivity contribution is -0.122. The quantitative estimate of drug-likeness (QED) is 0.656. The van der Waals surface area contributed by atoms with E-state index < -0.39 is 0 Å². The van der Waals surface area contributed by atoms with Crippen molar-refractivity contribution in [1.29, 1.82) is 0 Å². The van der Waals surface area contributed by atoms with Gasteiger partial charge in [-0.05, 0) is 43.0 Å². The summed E-state index contributed by atoms with van der Waals surface area (Å²) in [5, 5.41) is 13.8. The summed E-state index contributed by atoms with van der Waals surface area (Å²) in [6, 6.07) is 15.0. The fourth-order valence-electron chi connectivity index (χ4n) is 2.74. The highest BCUT2D eigenvalue weighted by Crippen LogP contribution is 2.47. The van der Waals surface area contributed by atoms with Gasteiger partial charge in [0.2, 0.25) is 5.91 Å². The monoisotopic (exact) mass is 324 g/mol. The van der Waals surface area contributed by atoms with Gasteiger partial charge >= 0.3 is 0 Å². The lowest BCUT2D eigenvalue weighted by Crippen LogP contribution is -2.21. The standard InChI is InChI=1S/C19H20N2O3/c1-12(14-8-9-17(22)18(10-14)24-2)20-21-19(23)16-11-15(16)13-6-4-3-5-7-13/h3-10,15-16,22H,11H2,1-2H3,(H,21,23)/b20-12-/t15-,16+/m0/s1. The number of nitrogens with zero attached hydrogens (tertiary/aromatic N) is 1. The first-order valence-electron chi connectivity index (χ1n) is 7.86. The van der Waals surface area contributed by atoms with Crippen molar-refractivity contribution >= 4 is 11.6 Å². The number of amides is 1. The van der Waals surface area contributed by atoms with E-state index in [1.807, 2.05) is 18.2 Å². The maximum atomic E-state index is 12.2. The number of methoxy groups -OCH3 is 1. The molecule has 0 aliphatic heterocycles. The lowest BCUT2D eigenvalue weighted by atomic mass is 10.1. The Hall–Kier alpha value is -2.82. The number of phenols is 1. The second-order valence-electron chi connectivity index (χ2n) is 5.92. The van der Waals surface area contributed by atoms with Crippen molar-refractivity contribution in [1.82, 2.24) is 5.43 Å². The third kappa shape index (κ3) is 3.40. The van der Waals surface area contributed by atoms with Gasteiger partial charge in [0.05, 0.1) is 12.8 Å². The molecule has 0 saturated heterocycles. The summed E-state index contributed by atoms with van der Waals surface area (Å²) in [5.74, 6) is 0.657. The SMILES string of the molecule is COc1cc(/C(C)=N\NC(=O)[C@@H]2C[C@H]2c2ccccc2)ccc1O. The first-order chi connectivity index (χ1) is 11.6. The van der Waals surface area contributed by atoms with Gasteiger partial charge in [-0.1, -0.05) is 30.3 Å². The second-order valence-corrected chi connectivity index (χ2v) is 5.92. The number of nitrogens with one attached hydrogen (secondary N) is 1. The summed E-state index contributed by atoms with van der Waals surface area (Å²) in [6.45, 7) is 1.80. The smallest absolute Gasteiger partial charge is 0.243 e. The third-order valence-electron chi connectivity index (χ3n) is 4.29. The van der Waals surface area contributed by atoms with Crippen LogP contribution in [0.3, 0.4) is 0 Å². The molecule has 5 heteroatoms. The highest BCUT2D eigenvalue weighted by atomic mass is 16.5. The molecule has 1 saturated carbocycles. The number of ether oxygens (including phenoxy) is 1. The number of rotatable bonds is 5. The number of hydrogen-bond acceptors (Lipinski definition) is 4. The molecule has 0 unspecified atom stereocenters. The maximum Gasteiger partial charge on any atom is 0.243 e. The molecule has 0 spiro atoms. The van der Waals surface area contributed by atoms with Crippen molar-refractivity contribution in [2.45, 2.75) is 19.3 Å². The zero-order valence-corrected chi connectivity index (χ0v) is 13.7. The molecule has 124 valence electrons. The molecular weight excluding hydrogens is 304 g/mol. The van der Waals surface area contributed by atoms with Gasteiger partial charge < -0.3 is 9.84 Å². The van der Waals surface area contributed by atoms with Crippen LogP contribution >= 0.6 is 0 Å². The van der Waals surface area contributed by atoms with E-state index in [2.05, 4.69) is 22.7 Å². The summed E-state index contributed by atoms with van der Waals surface area (Å²) in [4.78, 5) is 12.2. The van der Waals surface area contributed by atoms with Gasteiger partial charge in [0, 0.05) is 11.5 Å². The highest BCUT2D eigenvalue weighted by molar-refractivity contribution is 6.00. The summed E-state index contributed by atoms with van der Waals surface area (Å²) in [5.41, 5.74) is 5.27. The van der Waals surface area contributed by atoms with Crippen molar-refractivity contribution in [2.24, 2.45) is 11.0 Å². The van der Waals surface area contributed by atoms with Crippen molar-refractivity contribution in [2.75, 3.05) is 7.11 Å². The zero-order chi connectivity index (χ0) is 17.1. The van der Waals surface area contributed by atoms with Gasteiger partial charge in [0.25, 0.3) is 0 Å². The van der Waals surface area contributed by atoms with Crippen LogP contribution in [-0.4, -0.2) is 23.8 Å². The minimum Gasteiger partial charge on any atom is -0.504 e. The Morgan fingerprint density at radius 3 is 2.71 bits per heavy atom. The van der Waals surface area contributed by atoms with Crippen LogP contribution in [0.2, 0.25) is 0 Å². The maximum absolute atomic E-state index is 12.2. The molecule has 1 amide bonds. The van der Waals surface area contributed by atoms with Crippen molar-refractivity contribution in [3.8, 4) is 11.5 Å². The fraction of sp³-hybridized carbons (Fsp3) is 0.263. The minimum atomic E-state index is -0.0612. The largest absolute Gasteiger partial charge is 0.504 e. The van der Waals surface area contributed by atoms with Crippen LogP contribution in [0.4, 0.5) is 0 Å². The second kappa shape index (κ2) is 6.74. The summed E-state index contributed by atoms with van der Waals surface area (Å²) < 4.78 is 5.08. The van der Waals surface area contributed by atoms with Crippen LogP contribution in [0, 0.1) is 5.92 Å². The number of hydrogen-bond donors (Lipinski definition) is 2. The molecule has 2 aromatic rings. The molecule has 3 rings (SSSR count). The topological polar surface area (TPSA) is 70.9 Å². The van der Waals surface area contributed by atoms with E-state index in [4.69, 9.17) is 4.74 Å². The molecular formula is C19H20N2O3. The molecule has 2 N–H and O–H groups in total. The molecule has 0 bridgehead atoms. The van der Waals surface area contributed by atoms with Gasteiger partial charge in [-0.2, -0.15) is 5.10 Å². The van der Waals surface area contributed by atoms with Crippen LogP contribution in [0.15, 0.2) is 53.6 Å². The summed E-state index contributed by atoms with van der Waals surface area (Å²) in [6.07, 6.45) is 0.859. The predicted molar refractivity (Wildman–Crippen MR) is 92.3 cm³/mol. The first-order valence-corrected chi connectivity index (χ1v) is 7.86. The van der Waals surface area contributed by atoms with E-state index in [0.29, 0.717) is 11.5 Å². The van der Waals surface area contributed by atoms with Gasteiger partial charge in [-0.3, -0.25) is 4.79 Å². The van der Waals surface area contributed by atoms with E-state index in [-0.39, 0.29) is 23.5 Å². The number of carbonyl (C=O) groups excluding carboxylic acids is 1. The lowest BCUT2D eigenvalue weighted by Gasteiger charge is -2.07. The normalized spacial score (nSPS) is 19.7. The van der Waals surface area contributed by atoms with Gasteiger partial charge in [0.15, 0.2) is 11.5 Å². The first kappa shape index (κ1) is 16.1. The molecule has 5 nitrogen and oxygen atoms in total. The van der Waals surface area contributed by atoms with Crippen LogP contribution in [0.5, 0.6) is 11.5 Å². The van der Waals surface area contributed by atoms with Gasteiger partial charge in [0.1, 0.15) is 0 Å². The molecule has 24 heavy (non-hydrogen) atoms. The van der Waals surface area contributed by atoms with E-state index in [1.54, 1.807) is 25.1 Å². The van der Waals surface area contributed by atoms with E-state index in [9.17, 15) is 9.90 Å². The Kier molecular flexibility index (Phi) is 4.51. The Bertz CT molecular complexity index is 771. The molecule has 1 fully saturated rings. The Labute approximate surface area is 141 Å². The molecule has 2 aromatic carbocycles. The van der Waals surface area contributed by atoms with E-state index >= 15 is 0 Å². The van der Waals surface area contributed by atoms with Crippen LogP contribution < -0.4 is 10.2 Å². The average molecular weight is 324 g/mol. The van der Waals surface area contributed by atoms with E-state index in [1.165, 1.54) is 12.7 Å². The Morgan fingerprint density at radius 1 is 1.25 bits per heavy atom. The third-order valence-corrected chi connectivity index (χ3v) is 4.29. The number of carbonyl (C=O) groups is 1. The number of hydrazone groups is 1. The number of aromatic hydroxyl groups is 1. The minimum absolute atomic E-state index is 0.0155. The zero-order valence-electron chi connectivity index (χ0n) is 13.7. The highest BCUT2D eigenvalue weighted by Gasteiger charge is 2.43. The van der Waals surface area contributed by atoms with Crippen LogP contribution in [0.25, 0.3) is 0 Å². The van der Waals surface area contributed by atoms with Crippen molar-refractivity contribution in [3.63, 3.8) is 0 Å². The molecule has 0 heterocycles. The summed E-state index contributed by atoms with van der Waals surface area (Å²) in [7, 11) is 1.49. The molecule has 1 aliphatic rings. The van der Waals surface area contributed by atoms with Gasteiger partial charge in [-0.15, -0.1) is 0 Å². The molecule has 2 atom stereocenters. The van der Waals surface area contributed by atoms with Crippen LogP contribution in [-0.2, 0) is 4.79 Å². The van der Waals surface area contributed by atoms with Crippen molar-refractivity contribution in [3.05, 3.63) is 59.7 Å². The molecule has 0 aromatic heterocycles. The fourth-order valence-corrected chi connectivity index (χ4v) is 2.74. The average Bonchev–Trinajstić information content (AvgIpc) is 3.41. The van der Waals surface area contributed by atoms with Crippen molar-refractivity contribution < 1.29 is 14.6 Å². The van der Waals surface area contributed by atoms with E-state index in [0.717, 1.165) is 12.0 Å². The molecule has 1 aliphatic carbocycles. The van der Waals surface area contributed by atoms with Crippen LogP contribution in [0.1, 0.15) is 30.4 Å². The Morgan fingerprint density at radius 2 is 2.00 bits per heavy atom. The predicted octanol–water partition coefficient (Wildman–Crippen LogP) is 3.04. The Balaban J connectivity index is 1.62. The van der Waals surface area contributed by atoms with Gasteiger partial charge in [-0.25, -0.2) is 5.43 Å². The summed E-state index contributed by atoms with van der Waals surface area (Å²) >= 11 is 0. The number of benzene rings is 2. The number of phenolic OH excluding ortho intramolecular Hbond substituents is 1.